The second-order valence-electron chi connectivity index (χ2n) is 7.38. The number of hydrogen-bond donors (Lipinski definition) is 1. The number of carbonyl (C=O) groups is 1. The van der Waals surface area contributed by atoms with E-state index in [-0.39, 0.29) is 5.91 Å². The van der Waals surface area contributed by atoms with E-state index < -0.39 is 0 Å². The van der Waals surface area contributed by atoms with Crippen molar-refractivity contribution in [1.82, 2.24) is 10.4 Å². The molecule has 1 heterocycles. The Labute approximate surface area is 198 Å². The molecule has 6 heteroatoms. The molecule has 0 aliphatic heterocycles. The topological polar surface area (TPSA) is 72.8 Å². The van der Waals surface area contributed by atoms with E-state index in [2.05, 4.69) is 17.1 Å². The molecule has 0 aliphatic rings. The van der Waals surface area contributed by atoms with Crippen LogP contribution >= 0.6 is 0 Å². The van der Waals surface area contributed by atoms with Gasteiger partial charge in [-0.1, -0.05) is 61.2 Å². The van der Waals surface area contributed by atoms with Crippen LogP contribution < -0.4 is 14.9 Å². The molecule has 1 amide bonds. The molecule has 0 unspecified atom stereocenters. The fourth-order valence-electron chi connectivity index (χ4n) is 3.49. The fourth-order valence-corrected chi connectivity index (χ4v) is 3.49. The highest BCUT2D eigenvalue weighted by Gasteiger charge is 2.13. The molecule has 0 fully saturated rings. The third kappa shape index (κ3) is 5.30. The highest BCUT2D eigenvalue weighted by atomic mass is 16.5. The average Bonchev–Trinajstić information content (AvgIpc) is 2.88. The van der Waals surface area contributed by atoms with Crippen molar-refractivity contribution in [2.75, 3.05) is 13.2 Å². The smallest absolute Gasteiger partial charge is 0.272 e. The Bertz CT molecular complexity index is 1330. The van der Waals surface area contributed by atoms with Crippen LogP contribution in [-0.4, -0.2) is 30.3 Å². The summed E-state index contributed by atoms with van der Waals surface area (Å²) in [6, 6.07) is 24.6. The predicted molar refractivity (Wildman–Crippen MR) is 136 cm³/mol. The van der Waals surface area contributed by atoms with E-state index in [0.29, 0.717) is 30.3 Å². The van der Waals surface area contributed by atoms with Gasteiger partial charge in [0.2, 0.25) is 0 Å². The maximum Gasteiger partial charge on any atom is 0.272 e. The molecule has 4 aromatic rings. The van der Waals surface area contributed by atoms with Crippen LogP contribution in [0.3, 0.4) is 0 Å². The zero-order valence-corrected chi connectivity index (χ0v) is 18.9. The first-order valence-corrected chi connectivity index (χ1v) is 11.0. The van der Waals surface area contributed by atoms with E-state index >= 15 is 0 Å². The Morgan fingerprint density at radius 1 is 1.00 bits per heavy atom. The lowest BCUT2D eigenvalue weighted by molar-refractivity contribution is 0.0956. The zero-order chi connectivity index (χ0) is 23.8. The van der Waals surface area contributed by atoms with Crippen LogP contribution in [0.5, 0.6) is 11.5 Å². The number of fused-ring (bicyclic) bond motifs is 1. The summed E-state index contributed by atoms with van der Waals surface area (Å²) in [6.45, 7) is 6.45. The summed E-state index contributed by atoms with van der Waals surface area (Å²) >= 11 is 0. The molecule has 0 aliphatic carbocycles. The van der Waals surface area contributed by atoms with Crippen molar-refractivity contribution >= 4 is 23.0 Å². The summed E-state index contributed by atoms with van der Waals surface area (Å²) in [4.78, 5) is 17.8. The number of pyridine rings is 1. The second kappa shape index (κ2) is 10.9. The molecule has 170 valence electrons. The molecule has 0 bridgehead atoms. The fraction of sp³-hybridized carbons (Fsp3) is 0.107. The van der Waals surface area contributed by atoms with E-state index in [1.165, 1.54) is 0 Å². The van der Waals surface area contributed by atoms with Crippen LogP contribution in [0, 0.1) is 0 Å². The number of nitrogens with one attached hydrogen (secondary N) is 1. The molecule has 1 aromatic heterocycles. The summed E-state index contributed by atoms with van der Waals surface area (Å²) in [5, 5.41) is 4.92. The van der Waals surface area contributed by atoms with Gasteiger partial charge in [-0.05, 0) is 42.8 Å². The molecule has 6 nitrogen and oxygen atoms in total. The Balaban J connectivity index is 1.58. The van der Waals surface area contributed by atoms with Crippen LogP contribution in [0.15, 0.2) is 96.6 Å². The van der Waals surface area contributed by atoms with E-state index in [4.69, 9.17) is 14.5 Å². The summed E-state index contributed by atoms with van der Waals surface area (Å²) < 4.78 is 11.3. The average molecular weight is 452 g/mol. The molecule has 0 saturated heterocycles. The second-order valence-corrected chi connectivity index (χ2v) is 7.38. The van der Waals surface area contributed by atoms with Gasteiger partial charge < -0.3 is 9.47 Å². The minimum Gasteiger partial charge on any atom is -0.490 e. The molecular formula is C28H25N3O3. The number of hydrazone groups is 1. The number of hydrogen-bond acceptors (Lipinski definition) is 5. The van der Waals surface area contributed by atoms with Crippen LogP contribution in [0.4, 0.5) is 0 Å². The van der Waals surface area contributed by atoms with Crippen LogP contribution in [0.2, 0.25) is 0 Å². The number of carbonyl (C=O) groups excluding carboxylic acids is 1. The van der Waals surface area contributed by atoms with Gasteiger partial charge in [0.15, 0.2) is 11.5 Å². The summed E-state index contributed by atoms with van der Waals surface area (Å²) in [7, 11) is 0. The molecule has 0 saturated carbocycles. The van der Waals surface area contributed by atoms with Gasteiger partial charge in [0.25, 0.3) is 5.91 Å². The van der Waals surface area contributed by atoms with E-state index in [0.717, 1.165) is 27.7 Å². The first-order chi connectivity index (χ1) is 16.7. The van der Waals surface area contributed by atoms with Gasteiger partial charge in [-0.25, -0.2) is 10.4 Å². The number of aromatic nitrogens is 1. The van der Waals surface area contributed by atoms with Gasteiger partial charge >= 0.3 is 0 Å². The number of benzene rings is 3. The maximum atomic E-state index is 13.1. The SMILES string of the molecule is C=CCOc1ccc(/C=N/NC(=O)c2cc(-c3ccccc3)nc3ccccc23)cc1OCC. The lowest BCUT2D eigenvalue weighted by atomic mass is 10.0. The maximum absolute atomic E-state index is 13.1. The molecule has 4 rings (SSSR count). The van der Waals surface area contributed by atoms with Gasteiger partial charge in [-0.15, -0.1) is 0 Å². The third-order valence-corrected chi connectivity index (χ3v) is 5.03. The van der Waals surface area contributed by atoms with Crippen molar-refractivity contribution in [1.29, 1.82) is 0 Å². The normalized spacial score (nSPS) is 10.9. The summed E-state index contributed by atoms with van der Waals surface area (Å²) in [6.07, 6.45) is 3.24. The van der Waals surface area contributed by atoms with Gasteiger partial charge in [-0.3, -0.25) is 4.79 Å². The Hall–Kier alpha value is -4.45. The summed E-state index contributed by atoms with van der Waals surface area (Å²) in [5.74, 6) is 0.912. The number of nitrogens with zero attached hydrogens (tertiary/aromatic N) is 2. The van der Waals surface area contributed by atoms with Crippen LogP contribution in [0.1, 0.15) is 22.8 Å². The lowest BCUT2D eigenvalue weighted by Crippen LogP contribution is -2.18. The van der Waals surface area contributed by atoms with Gasteiger partial charge in [0, 0.05) is 10.9 Å². The molecule has 0 radical (unpaired) electrons. The third-order valence-electron chi connectivity index (χ3n) is 5.03. The van der Waals surface area contributed by atoms with Gasteiger partial charge in [0.05, 0.1) is 29.6 Å². The first kappa shape index (κ1) is 22.7. The molecule has 34 heavy (non-hydrogen) atoms. The van der Waals surface area contributed by atoms with E-state index in [9.17, 15) is 4.79 Å². The molecule has 0 atom stereocenters. The van der Waals surface area contributed by atoms with Crippen LogP contribution in [-0.2, 0) is 0 Å². The largest absolute Gasteiger partial charge is 0.490 e. The monoisotopic (exact) mass is 451 g/mol. The van der Waals surface area contributed by atoms with E-state index in [1.54, 1.807) is 24.4 Å². The number of para-hydroxylation sites is 1. The van der Waals surface area contributed by atoms with Crippen molar-refractivity contribution in [3.8, 4) is 22.8 Å². The van der Waals surface area contributed by atoms with Crippen molar-refractivity contribution in [2.45, 2.75) is 6.92 Å². The number of ether oxygens (including phenoxy) is 2. The van der Waals surface area contributed by atoms with Crippen LogP contribution in [0.25, 0.3) is 22.2 Å². The zero-order valence-electron chi connectivity index (χ0n) is 18.9. The highest BCUT2D eigenvalue weighted by molar-refractivity contribution is 6.07. The minimum atomic E-state index is -0.317. The van der Waals surface area contributed by atoms with Gasteiger partial charge in [-0.2, -0.15) is 5.10 Å². The van der Waals surface area contributed by atoms with E-state index in [1.807, 2.05) is 73.7 Å². The Morgan fingerprint density at radius 3 is 2.59 bits per heavy atom. The lowest BCUT2D eigenvalue weighted by Gasteiger charge is -2.11. The van der Waals surface area contributed by atoms with Crippen molar-refractivity contribution in [3.05, 3.63) is 103 Å². The quantitative estimate of drug-likeness (QED) is 0.203. The minimum absolute atomic E-state index is 0.317. The van der Waals surface area contributed by atoms with Crippen molar-refractivity contribution in [3.63, 3.8) is 0 Å². The Morgan fingerprint density at radius 2 is 1.79 bits per heavy atom. The molecule has 1 N–H and O–H groups in total. The highest BCUT2D eigenvalue weighted by Crippen LogP contribution is 2.28. The molecule has 3 aromatic carbocycles. The molecular weight excluding hydrogens is 426 g/mol. The van der Waals surface area contributed by atoms with Crippen molar-refractivity contribution in [2.24, 2.45) is 5.10 Å². The number of amides is 1. The number of rotatable bonds is 9. The summed E-state index contributed by atoms with van der Waals surface area (Å²) in [5.41, 5.74) is 6.31. The predicted octanol–water partition coefficient (Wildman–Crippen LogP) is 5.63. The standard InChI is InChI=1S/C28H25N3O3/c1-3-16-34-26-15-14-20(17-27(26)33-4-2)19-29-31-28(32)23-18-25(21-10-6-5-7-11-21)30-24-13-9-8-12-22(23)24/h3,5-15,17-19H,1,4,16H2,2H3,(H,31,32)/b29-19+. The first-order valence-electron chi connectivity index (χ1n) is 11.0. The van der Waals surface area contributed by atoms with Gasteiger partial charge in [0.1, 0.15) is 6.61 Å². The molecule has 0 spiro atoms. The van der Waals surface area contributed by atoms with Crippen molar-refractivity contribution < 1.29 is 14.3 Å². The Kier molecular flexibility index (Phi) is 7.30.